The minimum Gasteiger partial charge on any atom is -0.388 e. The quantitative estimate of drug-likeness (QED) is 0.126. The van der Waals surface area contributed by atoms with Crippen LogP contribution < -0.4 is 9.08 Å². The SMILES string of the molecule is COC1OC(CS(=O)(=O)Oc2ccc(-c3ccc(C4C(CCC(O)c5ccc(F)cc5)C(=O)N4c4ccccc4)cc3)cc2)C(O)C(O)C1O. The van der Waals surface area contributed by atoms with Gasteiger partial charge in [-0.25, -0.2) is 4.39 Å². The van der Waals surface area contributed by atoms with Gasteiger partial charge in [-0.3, -0.25) is 4.79 Å². The van der Waals surface area contributed by atoms with Gasteiger partial charge in [-0.15, -0.1) is 0 Å². The summed E-state index contributed by atoms with van der Waals surface area (Å²) in [5, 5.41) is 41.0. The predicted molar refractivity (Wildman–Crippen MR) is 181 cm³/mol. The molecule has 0 radical (unpaired) electrons. The Balaban J connectivity index is 1.13. The van der Waals surface area contributed by atoms with Crippen molar-refractivity contribution >= 4 is 21.7 Å². The Hall–Kier alpha value is -4.21. The molecular formula is C37H38FNO10S. The number of β-lactam (4-membered cyclic amide) rings is 1. The number of rotatable bonds is 12. The van der Waals surface area contributed by atoms with Gasteiger partial charge in [-0.05, 0) is 71.5 Å². The lowest BCUT2D eigenvalue weighted by atomic mass is 9.78. The lowest BCUT2D eigenvalue weighted by Gasteiger charge is -2.48. The number of benzene rings is 4. The molecule has 50 heavy (non-hydrogen) atoms. The van der Waals surface area contributed by atoms with Gasteiger partial charge in [0.1, 0.15) is 41.7 Å². The zero-order chi connectivity index (χ0) is 35.6. The van der Waals surface area contributed by atoms with E-state index in [0.29, 0.717) is 18.4 Å². The standard InChI is InChI=1S/C37H38FNO10S/c1-47-37-35(43)34(42)33(41)31(48-37)21-50(45,46)49-28-17-13-23(14-18-28)22-7-9-25(10-8-22)32-29(36(44)39(32)27-5-3-2-4-6-27)19-20-30(40)24-11-15-26(38)16-12-24/h2-18,29-35,37,40-43H,19-21H2,1H3. The van der Waals surface area contributed by atoms with E-state index in [2.05, 4.69) is 0 Å². The third kappa shape index (κ3) is 7.59. The summed E-state index contributed by atoms with van der Waals surface area (Å²) in [5.74, 6) is -1.57. The van der Waals surface area contributed by atoms with Crippen LogP contribution in [0.5, 0.6) is 5.75 Å². The first-order valence-electron chi connectivity index (χ1n) is 16.1. The number of anilines is 1. The molecule has 0 saturated carbocycles. The zero-order valence-electron chi connectivity index (χ0n) is 27.0. The molecule has 4 aromatic carbocycles. The van der Waals surface area contributed by atoms with Gasteiger partial charge in [0.2, 0.25) is 5.91 Å². The van der Waals surface area contributed by atoms with E-state index in [9.17, 15) is 38.0 Å². The topological polar surface area (TPSA) is 163 Å². The van der Waals surface area contributed by atoms with E-state index in [4.69, 9.17) is 13.7 Å². The van der Waals surface area contributed by atoms with E-state index in [-0.39, 0.29) is 29.4 Å². The van der Waals surface area contributed by atoms with E-state index >= 15 is 0 Å². The van der Waals surface area contributed by atoms with Crippen LogP contribution in [0.1, 0.15) is 36.1 Å². The summed E-state index contributed by atoms with van der Waals surface area (Å²) in [6.07, 6.45) is -7.70. The number of hydrogen-bond acceptors (Lipinski definition) is 10. The number of aliphatic hydroxyl groups excluding tert-OH is 4. The van der Waals surface area contributed by atoms with Gasteiger partial charge in [-0.2, -0.15) is 8.42 Å². The summed E-state index contributed by atoms with van der Waals surface area (Å²) in [6, 6.07) is 28.8. The number of aliphatic hydroxyl groups is 4. The van der Waals surface area contributed by atoms with E-state index in [0.717, 1.165) is 22.4 Å². The molecule has 2 aliphatic rings. The molecule has 2 heterocycles. The molecule has 6 rings (SSSR count). The second-order valence-corrected chi connectivity index (χ2v) is 14.1. The van der Waals surface area contributed by atoms with Crippen molar-refractivity contribution in [3.05, 3.63) is 120 Å². The highest BCUT2D eigenvalue weighted by Gasteiger charge is 2.48. The summed E-state index contributed by atoms with van der Waals surface area (Å²) in [4.78, 5) is 15.2. The average molecular weight is 708 g/mol. The summed E-state index contributed by atoms with van der Waals surface area (Å²) >= 11 is 0. The number of carbonyl (C=O) groups excluding carboxylic acids is 1. The molecule has 8 atom stereocenters. The Morgan fingerprint density at radius 2 is 1.46 bits per heavy atom. The highest BCUT2D eigenvalue weighted by atomic mass is 32.2. The predicted octanol–water partition coefficient (Wildman–Crippen LogP) is 3.87. The number of halogens is 1. The maximum Gasteiger partial charge on any atom is 0.311 e. The van der Waals surface area contributed by atoms with Gasteiger partial charge < -0.3 is 39.0 Å². The summed E-state index contributed by atoms with van der Waals surface area (Å²) in [5.41, 5.74) is 3.87. The van der Waals surface area contributed by atoms with Crippen LogP contribution in [0.4, 0.5) is 10.1 Å². The molecule has 2 saturated heterocycles. The molecule has 8 unspecified atom stereocenters. The van der Waals surface area contributed by atoms with Crippen molar-refractivity contribution in [2.24, 2.45) is 5.92 Å². The molecule has 0 aromatic heterocycles. The van der Waals surface area contributed by atoms with E-state index in [1.165, 1.54) is 31.4 Å². The second kappa shape index (κ2) is 15.0. The first-order valence-corrected chi connectivity index (χ1v) is 17.7. The van der Waals surface area contributed by atoms with Crippen molar-refractivity contribution in [2.45, 2.75) is 55.7 Å². The van der Waals surface area contributed by atoms with E-state index in [1.54, 1.807) is 29.2 Å². The van der Waals surface area contributed by atoms with Crippen LogP contribution in [0, 0.1) is 11.7 Å². The lowest BCUT2D eigenvalue weighted by molar-refractivity contribution is -0.285. The Labute approximate surface area is 289 Å². The van der Waals surface area contributed by atoms with Crippen LogP contribution in [-0.2, 0) is 24.4 Å². The third-order valence-corrected chi connectivity index (χ3v) is 10.4. The van der Waals surface area contributed by atoms with E-state index in [1.807, 2.05) is 54.6 Å². The van der Waals surface area contributed by atoms with Gasteiger partial charge >= 0.3 is 10.1 Å². The van der Waals surface area contributed by atoms with Crippen LogP contribution in [0.15, 0.2) is 103 Å². The van der Waals surface area contributed by atoms with Gasteiger partial charge in [0.05, 0.1) is 18.1 Å². The molecule has 0 aliphatic carbocycles. The van der Waals surface area contributed by atoms with Gasteiger partial charge in [0.25, 0.3) is 0 Å². The number of hydrogen-bond donors (Lipinski definition) is 4. The molecule has 0 bridgehead atoms. The lowest BCUT2D eigenvalue weighted by Crippen LogP contribution is -2.59. The molecule has 264 valence electrons. The minimum absolute atomic E-state index is 0.0247. The fourth-order valence-electron chi connectivity index (χ4n) is 6.48. The zero-order valence-corrected chi connectivity index (χ0v) is 27.8. The highest BCUT2D eigenvalue weighted by molar-refractivity contribution is 7.87. The van der Waals surface area contributed by atoms with Crippen molar-refractivity contribution in [1.82, 2.24) is 0 Å². The molecule has 1 amide bonds. The monoisotopic (exact) mass is 707 g/mol. The molecular weight excluding hydrogens is 669 g/mol. The highest BCUT2D eigenvalue weighted by Crippen LogP contribution is 2.46. The Morgan fingerprint density at radius 3 is 2.08 bits per heavy atom. The Bertz CT molecular complexity index is 1860. The number of ether oxygens (including phenoxy) is 2. The van der Waals surface area contributed by atoms with Crippen LogP contribution in [0.2, 0.25) is 0 Å². The molecule has 11 nitrogen and oxygen atoms in total. The first kappa shape index (κ1) is 35.6. The molecule has 4 aromatic rings. The molecule has 13 heteroatoms. The van der Waals surface area contributed by atoms with E-state index < -0.39 is 52.7 Å². The first-order chi connectivity index (χ1) is 24.0. The molecule has 4 N–H and O–H groups in total. The minimum atomic E-state index is -4.29. The number of nitrogens with zero attached hydrogens (tertiary/aromatic N) is 1. The second-order valence-electron chi connectivity index (χ2n) is 12.4. The van der Waals surface area contributed by atoms with Crippen LogP contribution in [0.3, 0.4) is 0 Å². The smallest absolute Gasteiger partial charge is 0.311 e. The Kier molecular flexibility index (Phi) is 10.6. The van der Waals surface area contributed by atoms with Crippen LogP contribution >= 0.6 is 0 Å². The number of amides is 1. The van der Waals surface area contributed by atoms with Gasteiger partial charge in [0.15, 0.2) is 6.29 Å². The Morgan fingerprint density at radius 1 is 0.840 bits per heavy atom. The maximum absolute atomic E-state index is 13.4. The third-order valence-electron chi connectivity index (χ3n) is 9.19. The van der Waals surface area contributed by atoms with Crippen molar-refractivity contribution in [3.8, 4) is 16.9 Å². The van der Waals surface area contributed by atoms with Crippen molar-refractivity contribution in [1.29, 1.82) is 0 Å². The fourth-order valence-corrected chi connectivity index (χ4v) is 7.63. The van der Waals surface area contributed by atoms with Crippen molar-refractivity contribution in [3.63, 3.8) is 0 Å². The normalized spacial score (nSPS) is 25.9. The van der Waals surface area contributed by atoms with Crippen molar-refractivity contribution < 1.29 is 51.7 Å². The van der Waals surface area contributed by atoms with Crippen LogP contribution in [0.25, 0.3) is 11.1 Å². The molecule has 0 spiro atoms. The molecule has 2 fully saturated rings. The average Bonchev–Trinajstić information content (AvgIpc) is 3.11. The summed E-state index contributed by atoms with van der Waals surface area (Å²) in [6.45, 7) is 0. The van der Waals surface area contributed by atoms with Gasteiger partial charge in [0, 0.05) is 12.8 Å². The van der Waals surface area contributed by atoms with Gasteiger partial charge in [-0.1, -0.05) is 66.7 Å². The number of carbonyl (C=O) groups is 1. The summed E-state index contributed by atoms with van der Waals surface area (Å²) in [7, 11) is -3.08. The fraction of sp³-hybridized carbons (Fsp3) is 0.324. The number of para-hydroxylation sites is 1. The molecule has 2 aliphatic heterocycles. The number of methoxy groups -OCH3 is 1. The largest absolute Gasteiger partial charge is 0.388 e. The maximum atomic E-state index is 13.4. The summed E-state index contributed by atoms with van der Waals surface area (Å²) < 4.78 is 54.4. The van der Waals surface area contributed by atoms with Crippen LogP contribution in [-0.4, -0.2) is 78.3 Å². The van der Waals surface area contributed by atoms with Crippen molar-refractivity contribution in [2.75, 3.05) is 17.8 Å².